The smallest absolute Gasteiger partial charge is 0.329 e. The fourth-order valence-corrected chi connectivity index (χ4v) is 3.92. The molecule has 1 unspecified atom stereocenters. The molecule has 0 radical (unpaired) electrons. The SMILES string of the molecule is CC(C)n1cc(-c2ccc3c(n2)N(C(=O)Nc2cnccn2)C2CCN3C2)cn1. The van der Waals surface area contributed by atoms with E-state index in [1.54, 1.807) is 17.3 Å². The number of hydrogen-bond donors (Lipinski definition) is 1. The van der Waals surface area contributed by atoms with Gasteiger partial charge in [-0.1, -0.05) is 0 Å². The van der Waals surface area contributed by atoms with E-state index in [4.69, 9.17) is 4.98 Å². The molecular weight excluding hydrogens is 368 g/mol. The number of pyridine rings is 1. The van der Waals surface area contributed by atoms with Crippen molar-refractivity contribution in [3.8, 4) is 11.3 Å². The van der Waals surface area contributed by atoms with E-state index in [0.29, 0.717) is 11.6 Å². The van der Waals surface area contributed by atoms with Crippen molar-refractivity contribution in [2.45, 2.75) is 32.4 Å². The van der Waals surface area contributed by atoms with Gasteiger partial charge in [-0.15, -0.1) is 0 Å². The minimum Gasteiger partial charge on any atom is -0.366 e. The number of carbonyl (C=O) groups excluding carboxylic acids is 1. The minimum absolute atomic E-state index is 0.0836. The molecule has 0 aliphatic carbocycles. The van der Waals surface area contributed by atoms with Crippen LogP contribution in [-0.2, 0) is 0 Å². The maximum absolute atomic E-state index is 13.1. The van der Waals surface area contributed by atoms with Gasteiger partial charge in [-0.3, -0.25) is 19.9 Å². The quantitative estimate of drug-likeness (QED) is 0.739. The Morgan fingerprint density at radius 1 is 1.24 bits per heavy atom. The number of fused-ring (bicyclic) bond motifs is 4. The molecule has 9 heteroatoms. The lowest BCUT2D eigenvalue weighted by molar-refractivity contribution is 0.254. The van der Waals surface area contributed by atoms with Crippen molar-refractivity contribution in [3.05, 3.63) is 43.1 Å². The standard InChI is InChI=1S/C20H22N8O/c1-13(2)27-11-14(9-23-27)16-3-4-17-19(24-16)28(15-5-8-26(17)12-15)20(29)25-18-10-21-6-7-22-18/h3-4,6-7,9-11,13,15H,5,8,12H2,1-2H3,(H,22,25,29). The van der Waals surface area contributed by atoms with E-state index in [1.165, 1.54) is 6.20 Å². The number of hydrogen-bond acceptors (Lipinski definition) is 6. The Bertz CT molecular complexity index is 1050. The van der Waals surface area contributed by atoms with Crippen molar-refractivity contribution in [1.29, 1.82) is 0 Å². The normalized spacial score (nSPS) is 17.6. The van der Waals surface area contributed by atoms with Crippen molar-refractivity contribution < 1.29 is 4.79 Å². The van der Waals surface area contributed by atoms with Gasteiger partial charge in [0.15, 0.2) is 11.6 Å². The van der Waals surface area contributed by atoms with Crippen LogP contribution in [0, 0.1) is 0 Å². The second kappa shape index (κ2) is 6.84. The van der Waals surface area contributed by atoms with E-state index < -0.39 is 0 Å². The number of carbonyl (C=O) groups is 1. The van der Waals surface area contributed by atoms with Crippen LogP contribution in [0.4, 0.5) is 22.1 Å². The lowest BCUT2D eigenvalue weighted by Gasteiger charge is -2.35. The maximum atomic E-state index is 13.1. The molecular formula is C20H22N8O. The lowest BCUT2D eigenvalue weighted by atomic mass is 10.1. The van der Waals surface area contributed by atoms with E-state index in [9.17, 15) is 4.79 Å². The van der Waals surface area contributed by atoms with Crippen LogP contribution in [0.2, 0.25) is 0 Å². The van der Waals surface area contributed by atoms with Crippen LogP contribution in [0.5, 0.6) is 0 Å². The molecule has 0 saturated carbocycles. The topological polar surface area (TPSA) is 92.1 Å². The first-order valence-electron chi connectivity index (χ1n) is 9.77. The number of amides is 2. The molecule has 29 heavy (non-hydrogen) atoms. The Morgan fingerprint density at radius 3 is 2.90 bits per heavy atom. The predicted molar refractivity (Wildman–Crippen MR) is 110 cm³/mol. The van der Waals surface area contributed by atoms with E-state index in [0.717, 1.165) is 36.5 Å². The summed E-state index contributed by atoms with van der Waals surface area (Å²) >= 11 is 0. The highest BCUT2D eigenvalue weighted by molar-refractivity contribution is 6.04. The molecule has 0 aromatic carbocycles. The first-order valence-corrected chi connectivity index (χ1v) is 9.77. The highest BCUT2D eigenvalue weighted by Gasteiger charge is 2.40. The third kappa shape index (κ3) is 3.08. The molecule has 3 aromatic rings. The van der Waals surface area contributed by atoms with Gasteiger partial charge >= 0.3 is 6.03 Å². The zero-order valence-electron chi connectivity index (χ0n) is 16.4. The highest BCUT2D eigenvalue weighted by Crippen LogP contribution is 2.40. The summed E-state index contributed by atoms with van der Waals surface area (Å²) in [5.41, 5.74) is 2.72. The van der Waals surface area contributed by atoms with Gasteiger partial charge in [0.1, 0.15) is 0 Å². The maximum Gasteiger partial charge on any atom is 0.329 e. The van der Waals surface area contributed by atoms with Crippen molar-refractivity contribution in [3.63, 3.8) is 0 Å². The average Bonchev–Trinajstić information content (AvgIpc) is 3.37. The molecule has 2 aliphatic rings. The summed E-state index contributed by atoms with van der Waals surface area (Å²) in [6.07, 6.45) is 9.38. The van der Waals surface area contributed by atoms with Crippen LogP contribution in [0.3, 0.4) is 0 Å². The summed E-state index contributed by atoms with van der Waals surface area (Å²) in [7, 11) is 0. The third-order valence-corrected chi connectivity index (χ3v) is 5.40. The molecule has 2 amide bonds. The molecule has 3 aromatic heterocycles. The molecule has 148 valence electrons. The summed E-state index contributed by atoms with van der Waals surface area (Å²) in [5, 5.41) is 7.27. The Hall–Kier alpha value is -3.49. The number of nitrogens with one attached hydrogen (secondary N) is 1. The molecule has 9 nitrogen and oxygen atoms in total. The summed E-state index contributed by atoms with van der Waals surface area (Å²) in [5.74, 6) is 1.10. The highest BCUT2D eigenvalue weighted by atomic mass is 16.2. The van der Waals surface area contributed by atoms with Crippen LogP contribution in [0.1, 0.15) is 26.3 Å². The molecule has 2 bridgehead atoms. The summed E-state index contributed by atoms with van der Waals surface area (Å²) in [6, 6.07) is 4.17. The fourth-order valence-electron chi connectivity index (χ4n) is 3.92. The monoisotopic (exact) mass is 390 g/mol. The zero-order valence-corrected chi connectivity index (χ0v) is 16.4. The summed E-state index contributed by atoms with van der Waals surface area (Å²) < 4.78 is 1.90. The van der Waals surface area contributed by atoms with Gasteiger partial charge < -0.3 is 4.90 Å². The van der Waals surface area contributed by atoms with Crippen molar-refractivity contribution in [2.24, 2.45) is 0 Å². The number of nitrogens with zero attached hydrogens (tertiary/aromatic N) is 7. The van der Waals surface area contributed by atoms with Gasteiger partial charge in [0.05, 0.1) is 29.8 Å². The molecule has 1 fully saturated rings. The van der Waals surface area contributed by atoms with Crippen LogP contribution in [0.15, 0.2) is 43.1 Å². The van der Waals surface area contributed by atoms with Crippen LogP contribution >= 0.6 is 0 Å². The largest absolute Gasteiger partial charge is 0.366 e. The van der Waals surface area contributed by atoms with Crippen molar-refractivity contribution in [2.75, 3.05) is 28.2 Å². The fraction of sp³-hybridized carbons (Fsp3) is 0.350. The van der Waals surface area contributed by atoms with Crippen LogP contribution in [-0.4, -0.2) is 49.9 Å². The Labute approximate surface area is 168 Å². The van der Waals surface area contributed by atoms with Gasteiger partial charge in [0.2, 0.25) is 0 Å². The number of urea groups is 1. The first kappa shape index (κ1) is 17.6. The molecule has 1 N–H and O–H groups in total. The minimum atomic E-state index is -0.235. The number of anilines is 3. The van der Waals surface area contributed by atoms with Gasteiger partial charge in [-0.2, -0.15) is 5.10 Å². The van der Waals surface area contributed by atoms with Gasteiger partial charge in [0, 0.05) is 43.3 Å². The molecule has 5 heterocycles. The van der Waals surface area contributed by atoms with Gasteiger partial charge in [0.25, 0.3) is 0 Å². The second-order valence-electron chi connectivity index (χ2n) is 7.62. The Morgan fingerprint density at radius 2 is 2.14 bits per heavy atom. The van der Waals surface area contributed by atoms with Crippen LogP contribution in [0.25, 0.3) is 11.3 Å². The molecule has 1 atom stereocenters. The Kier molecular flexibility index (Phi) is 4.15. The molecule has 5 rings (SSSR count). The molecule has 1 saturated heterocycles. The zero-order chi connectivity index (χ0) is 20.0. The van der Waals surface area contributed by atoms with E-state index in [2.05, 4.69) is 45.2 Å². The van der Waals surface area contributed by atoms with Crippen LogP contribution < -0.4 is 15.1 Å². The summed E-state index contributed by atoms with van der Waals surface area (Å²) in [6.45, 7) is 5.90. The van der Waals surface area contributed by atoms with Crippen molar-refractivity contribution >= 4 is 23.4 Å². The number of aromatic nitrogens is 5. The second-order valence-corrected chi connectivity index (χ2v) is 7.62. The number of rotatable bonds is 3. The van der Waals surface area contributed by atoms with E-state index >= 15 is 0 Å². The van der Waals surface area contributed by atoms with Crippen molar-refractivity contribution in [1.82, 2.24) is 24.7 Å². The molecule has 2 aliphatic heterocycles. The Balaban J connectivity index is 1.52. The van der Waals surface area contributed by atoms with Gasteiger partial charge in [-0.05, 0) is 32.4 Å². The van der Waals surface area contributed by atoms with E-state index in [-0.39, 0.29) is 18.1 Å². The average molecular weight is 390 g/mol. The third-order valence-electron chi connectivity index (χ3n) is 5.40. The summed E-state index contributed by atoms with van der Waals surface area (Å²) in [4.78, 5) is 30.2. The predicted octanol–water partition coefficient (Wildman–Crippen LogP) is 2.95. The molecule has 0 spiro atoms. The van der Waals surface area contributed by atoms with Gasteiger partial charge in [-0.25, -0.2) is 14.8 Å². The van der Waals surface area contributed by atoms with E-state index in [1.807, 2.05) is 23.1 Å². The first-order chi connectivity index (χ1) is 14.1. The lowest BCUT2D eigenvalue weighted by Crippen LogP contribution is -2.48.